The van der Waals surface area contributed by atoms with Crippen molar-refractivity contribution in [3.63, 3.8) is 0 Å². The number of hydrogen-bond acceptors (Lipinski definition) is 2. The Bertz CT molecular complexity index is 58.7. The molecule has 0 bridgehead atoms. The van der Waals surface area contributed by atoms with Crippen LogP contribution in [0.25, 0.3) is 0 Å². The number of rotatable bonds is 0. The van der Waals surface area contributed by atoms with Gasteiger partial charge in [-0.1, -0.05) is 0 Å². The predicted molar refractivity (Wildman–Crippen MR) is 26.5 cm³/mol. The first-order valence-electron chi connectivity index (χ1n) is 2.20. The van der Waals surface area contributed by atoms with E-state index in [-0.39, 0.29) is 5.38 Å². The molecule has 0 saturated carbocycles. The van der Waals surface area contributed by atoms with Crippen molar-refractivity contribution in [2.45, 2.75) is 11.5 Å². The molecule has 0 unspecified atom stereocenters. The molecule has 1 fully saturated rings. The Hall–Kier alpha value is 0.210. The van der Waals surface area contributed by atoms with E-state index >= 15 is 0 Å². The first-order valence-corrected chi connectivity index (χ1v) is 2.64. The highest BCUT2D eigenvalue weighted by Gasteiger charge is 2.22. The van der Waals surface area contributed by atoms with Gasteiger partial charge in [0.05, 0.1) is 24.7 Å². The van der Waals surface area contributed by atoms with Crippen molar-refractivity contribution in [3.05, 3.63) is 0 Å². The Morgan fingerprint density at radius 2 is 2.29 bits per heavy atom. The fourth-order valence-corrected chi connectivity index (χ4v) is 0.679. The topological polar surface area (TPSA) is 29.5 Å². The molecule has 1 saturated heterocycles. The third-order valence-corrected chi connectivity index (χ3v) is 1.40. The van der Waals surface area contributed by atoms with E-state index in [9.17, 15) is 0 Å². The van der Waals surface area contributed by atoms with Gasteiger partial charge in [-0.3, -0.25) is 0 Å². The Balaban J connectivity index is 2.33. The van der Waals surface area contributed by atoms with E-state index in [2.05, 4.69) is 0 Å². The zero-order valence-electron chi connectivity index (χ0n) is 3.80. The summed E-state index contributed by atoms with van der Waals surface area (Å²) in [6.45, 7) is 0.886. The highest BCUT2D eigenvalue weighted by Crippen LogP contribution is 2.10. The van der Waals surface area contributed by atoms with Gasteiger partial charge in [-0.2, -0.15) is 0 Å². The van der Waals surface area contributed by atoms with Crippen LogP contribution in [0.3, 0.4) is 0 Å². The van der Waals surface area contributed by atoms with Crippen molar-refractivity contribution in [1.29, 1.82) is 0 Å². The maximum atomic E-state index is 8.74. The molecule has 0 aromatic heterocycles. The summed E-state index contributed by atoms with van der Waals surface area (Å²) < 4.78 is 4.79. The molecular weight excluding hydrogens is 115 g/mol. The molecule has 2 atom stereocenters. The number of aliphatic hydroxyl groups excluding tert-OH is 1. The molecule has 0 aromatic rings. The van der Waals surface area contributed by atoms with Crippen molar-refractivity contribution in [3.8, 4) is 0 Å². The van der Waals surface area contributed by atoms with Crippen molar-refractivity contribution in [2.75, 3.05) is 13.2 Å². The van der Waals surface area contributed by atoms with Crippen LogP contribution in [0.1, 0.15) is 0 Å². The molecule has 0 aliphatic carbocycles. The van der Waals surface area contributed by atoms with E-state index in [1.165, 1.54) is 0 Å². The smallest absolute Gasteiger partial charge is 0.0959 e. The van der Waals surface area contributed by atoms with Gasteiger partial charge in [-0.15, -0.1) is 11.6 Å². The third kappa shape index (κ3) is 1.06. The van der Waals surface area contributed by atoms with Crippen molar-refractivity contribution < 1.29 is 9.84 Å². The van der Waals surface area contributed by atoms with Gasteiger partial charge in [0.1, 0.15) is 0 Å². The van der Waals surface area contributed by atoms with E-state index in [0.29, 0.717) is 13.2 Å². The molecule has 3 heteroatoms. The summed E-state index contributed by atoms with van der Waals surface area (Å²) in [7, 11) is 0. The molecule has 1 N–H and O–H groups in total. The maximum Gasteiger partial charge on any atom is 0.0959 e. The second-order valence-electron chi connectivity index (χ2n) is 1.62. The van der Waals surface area contributed by atoms with Crippen LogP contribution in [0.4, 0.5) is 0 Å². The molecule has 1 aliphatic heterocycles. The summed E-state index contributed by atoms with van der Waals surface area (Å²) in [5.41, 5.74) is 0. The molecule has 42 valence electrons. The van der Waals surface area contributed by atoms with Crippen LogP contribution in [-0.4, -0.2) is 29.8 Å². The van der Waals surface area contributed by atoms with Gasteiger partial charge in [0.15, 0.2) is 0 Å². The summed E-state index contributed by atoms with van der Waals surface area (Å²) >= 11 is 5.49. The van der Waals surface area contributed by atoms with Crippen molar-refractivity contribution in [2.24, 2.45) is 0 Å². The molecule has 0 radical (unpaired) electrons. The lowest BCUT2D eigenvalue weighted by atomic mass is 10.3. The van der Waals surface area contributed by atoms with Crippen molar-refractivity contribution >= 4 is 11.6 Å². The average molecular weight is 123 g/mol. The zero-order valence-corrected chi connectivity index (χ0v) is 4.56. The fourth-order valence-electron chi connectivity index (χ4n) is 0.517. The Morgan fingerprint density at radius 3 is 2.43 bits per heavy atom. The van der Waals surface area contributed by atoms with E-state index < -0.39 is 6.10 Å². The SMILES string of the molecule is O[C@H]1COC[C@@H]1Cl. The Kier molecular flexibility index (Phi) is 1.52. The number of ether oxygens (including phenoxy) is 1. The lowest BCUT2D eigenvalue weighted by Crippen LogP contribution is -2.16. The number of hydrogen-bond donors (Lipinski definition) is 1. The molecule has 7 heavy (non-hydrogen) atoms. The van der Waals surface area contributed by atoms with Gasteiger partial charge in [-0.05, 0) is 0 Å². The molecule has 2 nitrogen and oxygen atoms in total. The Labute approximate surface area is 47.0 Å². The van der Waals surface area contributed by atoms with Crippen LogP contribution < -0.4 is 0 Å². The van der Waals surface area contributed by atoms with E-state index in [1.807, 2.05) is 0 Å². The molecule has 0 aromatic carbocycles. The monoisotopic (exact) mass is 122 g/mol. The molecular formula is C4H7ClO2. The number of alkyl halides is 1. The van der Waals surface area contributed by atoms with Gasteiger partial charge in [0.25, 0.3) is 0 Å². The number of aliphatic hydroxyl groups is 1. The summed E-state index contributed by atoms with van der Waals surface area (Å²) in [5.74, 6) is 0. The Morgan fingerprint density at radius 1 is 1.57 bits per heavy atom. The normalized spacial score (nSPS) is 42.0. The van der Waals surface area contributed by atoms with Gasteiger partial charge in [-0.25, -0.2) is 0 Å². The van der Waals surface area contributed by atoms with E-state index in [4.69, 9.17) is 21.4 Å². The molecule has 1 heterocycles. The van der Waals surface area contributed by atoms with E-state index in [0.717, 1.165) is 0 Å². The third-order valence-electron chi connectivity index (χ3n) is 0.983. The average Bonchev–Trinajstić information content (AvgIpc) is 1.91. The van der Waals surface area contributed by atoms with Crippen LogP contribution in [0.2, 0.25) is 0 Å². The minimum atomic E-state index is -0.443. The van der Waals surface area contributed by atoms with Crippen LogP contribution in [0.5, 0.6) is 0 Å². The van der Waals surface area contributed by atoms with Gasteiger partial charge >= 0.3 is 0 Å². The standard InChI is InChI=1S/C4H7ClO2/c5-3-1-7-2-4(3)6/h3-4,6H,1-2H2/t3-,4-/m0/s1. The first-order chi connectivity index (χ1) is 3.30. The minimum absolute atomic E-state index is 0.181. The molecule has 0 spiro atoms. The summed E-state index contributed by atoms with van der Waals surface area (Å²) in [4.78, 5) is 0. The first kappa shape index (κ1) is 5.35. The van der Waals surface area contributed by atoms with Crippen LogP contribution in [-0.2, 0) is 4.74 Å². The highest BCUT2D eigenvalue weighted by atomic mass is 35.5. The largest absolute Gasteiger partial charge is 0.389 e. The summed E-state index contributed by atoms with van der Waals surface area (Å²) in [6, 6.07) is 0. The lowest BCUT2D eigenvalue weighted by molar-refractivity contribution is 0.127. The fraction of sp³-hybridized carbons (Fsp3) is 1.00. The van der Waals surface area contributed by atoms with Gasteiger partial charge in [0.2, 0.25) is 0 Å². The van der Waals surface area contributed by atoms with Crippen LogP contribution >= 0.6 is 11.6 Å². The van der Waals surface area contributed by atoms with Crippen LogP contribution in [0, 0.1) is 0 Å². The molecule has 0 amide bonds. The highest BCUT2D eigenvalue weighted by molar-refractivity contribution is 6.21. The summed E-state index contributed by atoms with van der Waals surface area (Å²) in [6.07, 6.45) is -0.443. The second kappa shape index (κ2) is 1.99. The zero-order chi connectivity index (χ0) is 5.28. The molecule has 1 rings (SSSR count). The lowest BCUT2D eigenvalue weighted by Gasteiger charge is -1.98. The van der Waals surface area contributed by atoms with Gasteiger partial charge < -0.3 is 9.84 Å². The molecule has 1 aliphatic rings. The summed E-state index contributed by atoms with van der Waals surface area (Å²) in [5, 5.41) is 8.56. The second-order valence-corrected chi connectivity index (χ2v) is 2.18. The quantitative estimate of drug-likeness (QED) is 0.458. The van der Waals surface area contributed by atoms with Gasteiger partial charge in [0, 0.05) is 0 Å². The van der Waals surface area contributed by atoms with E-state index in [1.54, 1.807) is 0 Å². The minimum Gasteiger partial charge on any atom is -0.389 e. The predicted octanol–water partition coefficient (Wildman–Crippen LogP) is -0.0151. The maximum absolute atomic E-state index is 8.74. The van der Waals surface area contributed by atoms with Crippen LogP contribution in [0.15, 0.2) is 0 Å². The number of halogens is 1. The van der Waals surface area contributed by atoms with Crippen molar-refractivity contribution in [1.82, 2.24) is 0 Å².